The molecule has 0 aliphatic rings. The minimum Gasteiger partial charge on any atom is -0.491 e. The summed E-state index contributed by atoms with van der Waals surface area (Å²) < 4.78 is 12.0. The fourth-order valence-corrected chi connectivity index (χ4v) is 1.84. The van der Waals surface area contributed by atoms with E-state index in [4.69, 9.17) is 15.2 Å². The third-order valence-corrected chi connectivity index (χ3v) is 2.93. The molecule has 0 heterocycles. The van der Waals surface area contributed by atoms with Crippen molar-refractivity contribution in [1.82, 2.24) is 0 Å². The summed E-state index contributed by atoms with van der Waals surface area (Å²) in [6.07, 6.45) is 0. The maximum absolute atomic E-state index is 5.58. The Kier molecular flexibility index (Phi) is 6.55. The number of nitrogens with two attached hydrogens (primary N) is 1. The average molecular weight is 302 g/mol. The number of hydrogen-bond donors (Lipinski definition) is 1. The van der Waals surface area contributed by atoms with Gasteiger partial charge in [0.1, 0.15) is 12.4 Å². The minimum atomic E-state index is 0.526. The fraction of sp³-hybridized carbons (Fsp3) is 0.538. The van der Waals surface area contributed by atoms with Crippen molar-refractivity contribution in [3.63, 3.8) is 0 Å². The van der Waals surface area contributed by atoms with Crippen molar-refractivity contribution in [3.8, 4) is 5.75 Å². The second-order valence-electron chi connectivity index (χ2n) is 4.27. The standard InChI is InChI=1S/C13H20BrNO2/c1-10(2)9-16-5-6-17-12-4-3-11(8-15)13(14)7-12/h3-4,7,10H,5-6,8-9,15H2,1-2H3. The van der Waals surface area contributed by atoms with E-state index in [2.05, 4.69) is 29.8 Å². The van der Waals surface area contributed by atoms with Crippen molar-refractivity contribution in [2.45, 2.75) is 20.4 Å². The molecular weight excluding hydrogens is 282 g/mol. The first kappa shape index (κ1) is 14.5. The Hall–Kier alpha value is -0.580. The predicted octanol–water partition coefficient (Wildman–Crippen LogP) is 2.96. The molecule has 1 aromatic rings. The van der Waals surface area contributed by atoms with E-state index in [1.54, 1.807) is 0 Å². The Balaban J connectivity index is 2.30. The molecule has 0 radical (unpaired) electrons. The lowest BCUT2D eigenvalue weighted by Gasteiger charge is -2.10. The maximum atomic E-state index is 5.58. The molecule has 4 heteroatoms. The second kappa shape index (κ2) is 7.69. The molecule has 0 unspecified atom stereocenters. The monoisotopic (exact) mass is 301 g/mol. The van der Waals surface area contributed by atoms with Gasteiger partial charge in [-0.15, -0.1) is 0 Å². The van der Waals surface area contributed by atoms with Gasteiger partial charge in [-0.05, 0) is 23.6 Å². The van der Waals surface area contributed by atoms with E-state index in [9.17, 15) is 0 Å². The minimum absolute atomic E-state index is 0.526. The van der Waals surface area contributed by atoms with Crippen LogP contribution >= 0.6 is 15.9 Å². The van der Waals surface area contributed by atoms with Crippen LogP contribution in [-0.4, -0.2) is 19.8 Å². The van der Waals surface area contributed by atoms with Crippen LogP contribution in [0.25, 0.3) is 0 Å². The van der Waals surface area contributed by atoms with E-state index in [-0.39, 0.29) is 0 Å². The van der Waals surface area contributed by atoms with Crippen molar-refractivity contribution in [1.29, 1.82) is 0 Å². The van der Waals surface area contributed by atoms with Crippen LogP contribution in [0.1, 0.15) is 19.4 Å². The predicted molar refractivity (Wildman–Crippen MR) is 73.2 cm³/mol. The first-order chi connectivity index (χ1) is 8.13. The lowest BCUT2D eigenvalue weighted by molar-refractivity contribution is 0.0819. The highest BCUT2D eigenvalue weighted by molar-refractivity contribution is 9.10. The van der Waals surface area contributed by atoms with Crippen LogP contribution < -0.4 is 10.5 Å². The summed E-state index contributed by atoms with van der Waals surface area (Å²) in [7, 11) is 0. The van der Waals surface area contributed by atoms with Crippen LogP contribution in [0, 0.1) is 5.92 Å². The molecule has 0 spiro atoms. The van der Waals surface area contributed by atoms with Crippen LogP contribution in [0.2, 0.25) is 0 Å². The molecule has 0 saturated carbocycles. The van der Waals surface area contributed by atoms with Crippen molar-refractivity contribution in [3.05, 3.63) is 28.2 Å². The average Bonchev–Trinajstić information content (AvgIpc) is 2.28. The SMILES string of the molecule is CC(C)COCCOc1ccc(CN)c(Br)c1. The van der Waals surface area contributed by atoms with Gasteiger partial charge in [-0.1, -0.05) is 35.8 Å². The van der Waals surface area contributed by atoms with E-state index in [1.165, 1.54) is 0 Å². The zero-order valence-corrected chi connectivity index (χ0v) is 12.0. The molecule has 0 saturated heterocycles. The van der Waals surface area contributed by atoms with Crippen LogP contribution in [0.4, 0.5) is 0 Å². The summed E-state index contributed by atoms with van der Waals surface area (Å²) in [6, 6.07) is 5.83. The number of rotatable bonds is 7. The molecule has 0 aliphatic heterocycles. The Morgan fingerprint density at radius 2 is 2.06 bits per heavy atom. The molecule has 0 aromatic heterocycles. The first-order valence-electron chi connectivity index (χ1n) is 5.82. The molecule has 17 heavy (non-hydrogen) atoms. The molecule has 2 N–H and O–H groups in total. The molecule has 0 atom stereocenters. The Bertz CT molecular complexity index is 342. The topological polar surface area (TPSA) is 44.5 Å². The smallest absolute Gasteiger partial charge is 0.120 e. The summed E-state index contributed by atoms with van der Waals surface area (Å²) in [4.78, 5) is 0. The molecular formula is C13H20BrNO2. The second-order valence-corrected chi connectivity index (χ2v) is 5.13. The van der Waals surface area contributed by atoms with Gasteiger partial charge in [-0.2, -0.15) is 0 Å². The van der Waals surface area contributed by atoms with Crippen LogP contribution in [0.5, 0.6) is 5.75 Å². The summed E-state index contributed by atoms with van der Waals surface area (Å²) >= 11 is 3.46. The lowest BCUT2D eigenvalue weighted by atomic mass is 10.2. The number of halogens is 1. The van der Waals surface area contributed by atoms with Crippen molar-refractivity contribution in [2.75, 3.05) is 19.8 Å². The summed E-state index contributed by atoms with van der Waals surface area (Å²) in [5.74, 6) is 1.40. The maximum Gasteiger partial charge on any atom is 0.120 e. The molecule has 1 rings (SSSR count). The van der Waals surface area contributed by atoms with Gasteiger partial charge in [0.2, 0.25) is 0 Å². The molecule has 3 nitrogen and oxygen atoms in total. The summed E-state index contributed by atoms with van der Waals surface area (Å²) in [6.45, 7) is 6.75. The van der Waals surface area contributed by atoms with Gasteiger partial charge < -0.3 is 15.2 Å². The molecule has 0 bridgehead atoms. The van der Waals surface area contributed by atoms with Crippen LogP contribution in [0.15, 0.2) is 22.7 Å². The molecule has 96 valence electrons. The van der Waals surface area contributed by atoms with Crippen LogP contribution in [-0.2, 0) is 11.3 Å². The largest absolute Gasteiger partial charge is 0.491 e. The van der Waals surface area contributed by atoms with E-state index in [0.717, 1.165) is 22.4 Å². The van der Waals surface area contributed by atoms with E-state index < -0.39 is 0 Å². The first-order valence-corrected chi connectivity index (χ1v) is 6.61. The third-order valence-electron chi connectivity index (χ3n) is 2.19. The molecule has 0 fully saturated rings. The van der Waals surface area contributed by atoms with Crippen molar-refractivity contribution >= 4 is 15.9 Å². The quantitative estimate of drug-likeness (QED) is 0.788. The zero-order valence-electron chi connectivity index (χ0n) is 10.4. The van der Waals surface area contributed by atoms with Gasteiger partial charge in [0, 0.05) is 17.6 Å². The Labute approximate surface area is 111 Å². The van der Waals surface area contributed by atoms with Crippen LogP contribution in [0.3, 0.4) is 0 Å². The zero-order chi connectivity index (χ0) is 12.7. The summed E-state index contributed by atoms with van der Waals surface area (Å²) in [5, 5.41) is 0. The summed E-state index contributed by atoms with van der Waals surface area (Å²) in [5.41, 5.74) is 6.66. The van der Waals surface area contributed by atoms with Gasteiger partial charge in [-0.25, -0.2) is 0 Å². The van der Waals surface area contributed by atoms with E-state index in [0.29, 0.717) is 25.7 Å². The van der Waals surface area contributed by atoms with E-state index in [1.807, 2.05) is 18.2 Å². The molecule has 0 aliphatic carbocycles. The number of hydrogen-bond acceptors (Lipinski definition) is 3. The normalized spacial score (nSPS) is 10.9. The third kappa shape index (κ3) is 5.52. The fourth-order valence-electron chi connectivity index (χ4n) is 1.32. The highest BCUT2D eigenvalue weighted by Gasteiger charge is 2.01. The molecule has 1 aromatic carbocycles. The highest BCUT2D eigenvalue weighted by atomic mass is 79.9. The Morgan fingerprint density at radius 1 is 1.29 bits per heavy atom. The van der Waals surface area contributed by atoms with E-state index >= 15 is 0 Å². The van der Waals surface area contributed by atoms with Gasteiger partial charge >= 0.3 is 0 Å². The molecule has 0 amide bonds. The van der Waals surface area contributed by atoms with Gasteiger partial charge in [-0.3, -0.25) is 0 Å². The Morgan fingerprint density at radius 3 is 2.65 bits per heavy atom. The van der Waals surface area contributed by atoms with Crippen molar-refractivity contribution in [2.24, 2.45) is 11.7 Å². The number of ether oxygens (including phenoxy) is 2. The van der Waals surface area contributed by atoms with Gasteiger partial charge in [0.05, 0.1) is 6.61 Å². The number of benzene rings is 1. The van der Waals surface area contributed by atoms with Crippen molar-refractivity contribution < 1.29 is 9.47 Å². The lowest BCUT2D eigenvalue weighted by Crippen LogP contribution is -2.10. The van der Waals surface area contributed by atoms with Gasteiger partial charge in [0.25, 0.3) is 0 Å². The highest BCUT2D eigenvalue weighted by Crippen LogP contribution is 2.22. The van der Waals surface area contributed by atoms with Gasteiger partial charge in [0.15, 0.2) is 0 Å².